The quantitative estimate of drug-likeness (QED) is 0.603. The van der Waals surface area contributed by atoms with Crippen molar-refractivity contribution >= 4 is 27.7 Å². The molecule has 0 aliphatic rings. The van der Waals surface area contributed by atoms with Crippen LogP contribution in [0.1, 0.15) is 31.1 Å². The first kappa shape index (κ1) is 21.5. The molecule has 10 heteroatoms. The summed E-state index contributed by atoms with van der Waals surface area (Å²) in [4.78, 5) is 23.5. The molecule has 0 bridgehead atoms. The average Bonchev–Trinajstić information content (AvgIpc) is 3.12. The number of nitrogens with one attached hydrogen (secondary N) is 3. The van der Waals surface area contributed by atoms with Crippen LogP contribution in [0, 0.1) is 0 Å². The molecule has 0 atom stereocenters. The molecule has 0 unspecified atom stereocenters. The van der Waals surface area contributed by atoms with E-state index in [0.29, 0.717) is 11.3 Å². The third kappa shape index (κ3) is 6.71. The van der Waals surface area contributed by atoms with Crippen molar-refractivity contribution in [1.82, 2.24) is 10.0 Å². The highest BCUT2D eigenvalue weighted by molar-refractivity contribution is 7.89. The molecular weight excluding hydrogens is 386 g/mol. The zero-order valence-electron chi connectivity index (χ0n) is 15.8. The lowest BCUT2D eigenvalue weighted by Gasteiger charge is -2.19. The number of anilines is 1. The van der Waals surface area contributed by atoms with E-state index in [1.54, 1.807) is 26.8 Å². The number of hydrogen-bond donors (Lipinski definition) is 3. The van der Waals surface area contributed by atoms with Crippen molar-refractivity contribution < 1.29 is 27.2 Å². The maximum atomic E-state index is 12.4. The van der Waals surface area contributed by atoms with Crippen molar-refractivity contribution in [2.45, 2.75) is 31.3 Å². The number of benzene rings is 1. The van der Waals surface area contributed by atoms with Gasteiger partial charge in [-0.2, -0.15) is 0 Å². The van der Waals surface area contributed by atoms with E-state index in [1.165, 1.54) is 36.8 Å². The second-order valence-corrected chi connectivity index (χ2v) is 8.59. The van der Waals surface area contributed by atoms with Gasteiger partial charge in [0.15, 0.2) is 0 Å². The van der Waals surface area contributed by atoms with Gasteiger partial charge in [0.2, 0.25) is 10.0 Å². The smallest absolute Gasteiger partial charge is 0.407 e. The normalized spacial score (nSPS) is 11.7. The molecule has 1 aromatic carbocycles. The minimum absolute atomic E-state index is 0.0187. The summed E-state index contributed by atoms with van der Waals surface area (Å²) in [5.74, 6) is -0.419. The van der Waals surface area contributed by atoms with Crippen LogP contribution in [0.2, 0.25) is 0 Å². The largest absolute Gasteiger partial charge is 0.472 e. The fourth-order valence-corrected chi connectivity index (χ4v) is 3.16. The monoisotopic (exact) mass is 409 g/mol. The second kappa shape index (κ2) is 8.89. The molecule has 152 valence electrons. The first-order chi connectivity index (χ1) is 13.1. The Kier molecular flexibility index (Phi) is 6.81. The average molecular weight is 409 g/mol. The predicted octanol–water partition coefficient (Wildman–Crippen LogP) is 2.33. The third-order valence-electron chi connectivity index (χ3n) is 3.27. The summed E-state index contributed by atoms with van der Waals surface area (Å²) in [6.07, 6.45) is 2.02. The molecule has 9 nitrogen and oxygen atoms in total. The van der Waals surface area contributed by atoms with Crippen molar-refractivity contribution in [2.75, 3.05) is 18.4 Å². The number of carbonyl (C=O) groups is 2. The lowest BCUT2D eigenvalue weighted by atomic mass is 10.2. The van der Waals surface area contributed by atoms with Crippen LogP contribution < -0.4 is 15.4 Å². The molecular formula is C18H23N3O6S. The van der Waals surface area contributed by atoms with Crippen molar-refractivity contribution in [3.8, 4) is 0 Å². The van der Waals surface area contributed by atoms with Crippen LogP contribution in [0.25, 0.3) is 0 Å². The van der Waals surface area contributed by atoms with Crippen LogP contribution in [0.3, 0.4) is 0 Å². The number of ether oxygens (including phenoxy) is 1. The van der Waals surface area contributed by atoms with Crippen LogP contribution in [-0.2, 0) is 14.8 Å². The molecule has 1 heterocycles. The highest BCUT2D eigenvalue weighted by Gasteiger charge is 2.17. The van der Waals surface area contributed by atoms with Crippen LogP contribution in [0.4, 0.5) is 10.5 Å². The summed E-state index contributed by atoms with van der Waals surface area (Å²) >= 11 is 0. The Balaban J connectivity index is 1.91. The first-order valence-corrected chi connectivity index (χ1v) is 9.95. The molecule has 0 saturated heterocycles. The number of rotatable bonds is 7. The minimum Gasteiger partial charge on any atom is -0.472 e. The maximum absolute atomic E-state index is 12.4. The summed E-state index contributed by atoms with van der Waals surface area (Å²) < 4.78 is 37.1. The molecule has 0 spiro atoms. The van der Waals surface area contributed by atoms with Gasteiger partial charge >= 0.3 is 6.09 Å². The molecule has 28 heavy (non-hydrogen) atoms. The first-order valence-electron chi connectivity index (χ1n) is 8.47. The van der Waals surface area contributed by atoms with Gasteiger partial charge < -0.3 is 19.8 Å². The van der Waals surface area contributed by atoms with Crippen LogP contribution in [0.15, 0.2) is 52.2 Å². The highest BCUT2D eigenvalue weighted by atomic mass is 32.2. The molecule has 1 aromatic heterocycles. The molecule has 0 saturated carbocycles. The van der Waals surface area contributed by atoms with E-state index >= 15 is 0 Å². The van der Waals surface area contributed by atoms with E-state index in [1.807, 2.05) is 0 Å². The van der Waals surface area contributed by atoms with Crippen LogP contribution in [-0.4, -0.2) is 39.1 Å². The summed E-state index contributed by atoms with van der Waals surface area (Å²) in [6, 6.07) is 7.31. The predicted molar refractivity (Wildman–Crippen MR) is 103 cm³/mol. The van der Waals surface area contributed by atoms with Gasteiger partial charge in [-0.1, -0.05) is 6.07 Å². The topological polar surface area (TPSA) is 127 Å². The third-order valence-corrected chi connectivity index (χ3v) is 4.73. The van der Waals surface area contributed by atoms with Gasteiger partial charge in [-0.25, -0.2) is 17.9 Å². The SMILES string of the molecule is CC(C)(C)OC(=O)NCCNS(=O)(=O)c1cccc(NC(=O)c2ccoc2)c1. The van der Waals surface area contributed by atoms with Gasteiger partial charge in [0.1, 0.15) is 11.9 Å². The lowest BCUT2D eigenvalue weighted by molar-refractivity contribution is 0.0528. The lowest BCUT2D eigenvalue weighted by Crippen LogP contribution is -2.37. The van der Waals surface area contributed by atoms with Crippen LogP contribution in [0.5, 0.6) is 0 Å². The minimum atomic E-state index is -3.82. The Hall–Kier alpha value is -2.85. The molecule has 0 radical (unpaired) electrons. The van der Waals surface area contributed by atoms with E-state index in [0.717, 1.165) is 0 Å². The van der Waals surface area contributed by atoms with Gasteiger partial charge in [-0.05, 0) is 45.0 Å². The zero-order chi connectivity index (χ0) is 20.8. The van der Waals surface area contributed by atoms with Crippen molar-refractivity contribution in [1.29, 1.82) is 0 Å². The molecule has 0 fully saturated rings. The number of amides is 2. The Morgan fingerprint density at radius 3 is 2.54 bits per heavy atom. The fourth-order valence-electron chi connectivity index (χ4n) is 2.09. The Morgan fingerprint density at radius 1 is 1.14 bits per heavy atom. The Bertz CT molecular complexity index is 917. The molecule has 2 amide bonds. The number of alkyl carbamates (subject to hydrolysis) is 1. The van der Waals surface area contributed by atoms with E-state index in [4.69, 9.17) is 9.15 Å². The van der Waals surface area contributed by atoms with Gasteiger partial charge in [-0.15, -0.1) is 0 Å². The molecule has 3 N–H and O–H groups in total. The maximum Gasteiger partial charge on any atom is 0.407 e. The van der Waals surface area contributed by atoms with Gasteiger partial charge in [-0.3, -0.25) is 4.79 Å². The highest BCUT2D eigenvalue weighted by Crippen LogP contribution is 2.16. The number of furan rings is 1. The van der Waals surface area contributed by atoms with Crippen molar-refractivity contribution in [3.05, 3.63) is 48.4 Å². The number of carbonyl (C=O) groups excluding carboxylic acids is 2. The van der Waals surface area contributed by atoms with Crippen molar-refractivity contribution in [3.63, 3.8) is 0 Å². The molecule has 2 aromatic rings. The zero-order valence-corrected chi connectivity index (χ0v) is 16.6. The number of hydrogen-bond acceptors (Lipinski definition) is 6. The van der Waals surface area contributed by atoms with Gasteiger partial charge in [0.25, 0.3) is 5.91 Å². The van der Waals surface area contributed by atoms with Gasteiger partial charge in [0, 0.05) is 18.8 Å². The molecule has 0 aliphatic heterocycles. The van der Waals surface area contributed by atoms with Crippen molar-refractivity contribution in [2.24, 2.45) is 0 Å². The molecule has 0 aliphatic carbocycles. The summed E-state index contributed by atoms with van der Waals surface area (Å²) in [5, 5.41) is 5.06. The Morgan fingerprint density at radius 2 is 1.89 bits per heavy atom. The van der Waals surface area contributed by atoms with E-state index in [-0.39, 0.29) is 18.0 Å². The molecule has 2 rings (SSSR count). The van der Waals surface area contributed by atoms with E-state index < -0.39 is 27.6 Å². The Labute approximate surface area is 163 Å². The second-order valence-electron chi connectivity index (χ2n) is 6.82. The standard InChI is InChI=1S/C18H23N3O6S/c1-18(2,3)27-17(23)19-8-9-20-28(24,25)15-6-4-5-14(11-15)21-16(22)13-7-10-26-12-13/h4-7,10-12,20H,8-9H2,1-3H3,(H,19,23)(H,21,22). The van der Waals surface area contributed by atoms with Gasteiger partial charge in [0.05, 0.1) is 16.7 Å². The van der Waals surface area contributed by atoms with E-state index in [9.17, 15) is 18.0 Å². The number of sulfonamides is 1. The summed E-state index contributed by atoms with van der Waals surface area (Å²) in [7, 11) is -3.82. The summed E-state index contributed by atoms with van der Waals surface area (Å²) in [5.41, 5.74) is 0.00540. The van der Waals surface area contributed by atoms with E-state index in [2.05, 4.69) is 15.4 Å². The fraction of sp³-hybridized carbons (Fsp3) is 0.333. The summed E-state index contributed by atoms with van der Waals surface area (Å²) in [6.45, 7) is 5.23. The van der Waals surface area contributed by atoms with Crippen LogP contribution >= 0.6 is 0 Å².